The highest BCUT2D eigenvalue weighted by Gasteiger charge is 2.40. The van der Waals surface area contributed by atoms with Crippen LogP contribution in [0, 0.1) is 0 Å². The lowest BCUT2D eigenvalue weighted by Gasteiger charge is -2.38. The van der Waals surface area contributed by atoms with E-state index in [1.54, 1.807) is 4.90 Å². The minimum atomic E-state index is -0.805. The Bertz CT molecular complexity index is 509. The molecule has 0 aliphatic carbocycles. The molecule has 3 heterocycles. The molecule has 0 radical (unpaired) electrons. The molecule has 2 N–H and O–H groups in total. The van der Waals surface area contributed by atoms with E-state index in [-0.39, 0.29) is 12.5 Å². The number of aliphatic hydroxyl groups excluding tert-OH is 1. The summed E-state index contributed by atoms with van der Waals surface area (Å²) in [6.07, 6.45) is 0. The summed E-state index contributed by atoms with van der Waals surface area (Å²) < 4.78 is 7.53. The van der Waals surface area contributed by atoms with E-state index >= 15 is 0 Å². The Morgan fingerprint density at radius 2 is 2.35 bits per heavy atom. The second-order valence-electron chi connectivity index (χ2n) is 5.33. The molecule has 0 bridgehead atoms. The van der Waals surface area contributed by atoms with E-state index in [4.69, 9.17) is 4.74 Å². The van der Waals surface area contributed by atoms with Crippen LogP contribution in [-0.2, 0) is 29.2 Å². The van der Waals surface area contributed by atoms with Gasteiger partial charge in [0.15, 0.2) is 17.2 Å². The zero-order valence-corrected chi connectivity index (χ0v) is 11.5. The molecule has 0 aromatic carbocycles. The largest absolute Gasteiger partial charge is 0.388 e. The number of rotatable bonds is 2. The Morgan fingerprint density at radius 3 is 3.05 bits per heavy atom. The van der Waals surface area contributed by atoms with Crippen LogP contribution < -0.4 is 5.32 Å². The predicted molar refractivity (Wildman–Crippen MR) is 68.6 cm³/mol. The molecule has 1 aromatic rings. The third kappa shape index (κ3) is 2.19. The number of carbonyl (C=O) groups excluding carboxylic acids is 1. The van der Waals surface area contributed by atoms with Crippen molar-refractivity contribution in [2.45, 2.75) is 32.2 Å². The topological polar surface area (TPSA) is 92.5 Å². The van der Waals surface area contributed by atoms with Gasteiger partial charge in [-0.25, -0.2) is 0 Å². The summed E-state index contributed by atoms with van der Waals surface area (Å²) in [5.41, 5.74) is -0.805. The first-order valence-electron chi connectivity index (χ1n) is 6.80. The molecule has 3 rings (SSSR count). The molecular weight excluding hydrogens is 262 g/mol. The SMILES string of the molecule is CC1(C(=O)N2CCn3c(CO)nnc3C2)CNCCO1. The van der Waals surface area contributed by atoms with Gasteiger partial charge in [-0.1, -0.05) is 0 Å². The number of amides is 1. The standard InChI is InChI=1S/C12H19N5O3/c1-12(8-13-2-5-20-12)11(19)16-3-4-17-9(6-16)14-15-10(17)7-18/h13,18H,2-8H2,1H3. The van der Waals surface area contributed by atoms with Crippen LogP contribution in [0.4, 0.5) is 0 Å². The van der Waals surface area contributed by atoms with Gasteiger partial charge in [-0.05, 0) is 6.92 Å². The molecule has 2 aliphatic rings. The van der Waals surface area contributed by atoms with Crippen LogP contribution in [0.3, 0.4) is 0 Å². The van der Waals surface area contributed by atoms with E-state index in [1.165, 1.54) is 0 Å². The fourth-order valence-electron chi connectivity index (χ4n) is 2.71. The maximum atomic E-state index is 12.6. The Hall–Kier alpha value is -1.51. The molecule has 1 saturated heterocycles. The van der Waals surface area contributed by atoms with Crippen LogP contribution in [0.5, 0.6) is 0 Å². The van der Waals surface area contributed by atoms with Crippen molar-refractivity contribution in [3.8, 4) is 0 Å². The quantitative estimate of drug-likeness (QED) is 0.685. The zero-order chi connectivity index (χ0) is 14.2. The summed E-state index contributed by atoms with van der Waals surface area (Å²) in [4.78, 5) is 14.4. The van der Waals surface area contributed by atoms with Gasteiger partial charge in [0.25, 0.3) is 5.91 Å². The highest BCUT2D eigenvalue weighted by molar-refractivity contribution is 5.85. The normalized spacial score (nSPS) is 26.4. The maximum absolute atomic E-state index is 12.6. The number of hydrogen-bond acceptors (Lipinski definition) is 6. The Kier molecular flexibility index (Phi) is 3.45. The summed E-state index contributed by atoms with van der Waals surface area (Å²) >= 11 is 0. The lowest BCUT2D eigenvalue weighted by Crippen LogP contribution is -2.58. The highest BCUT2D eigenvalue weighted by Crippen LogP contribution is 2.20. The molecule has 0 saturated carbocycles. The van der Waals surface area contributed by atoms with Crippen molar-refractivity contribution in [3.63, 3.8) is 0 Å². The van der Waals surface area contributed by atoms with Gasteiger partial charge in [0.1, 0.15) is 6.61 Å². The molecule has 110 valence electrons. The molecule has 8 nitrogen and oxygen atoms in total. The van der Waals surface area contributed by atoms with Crippen molar-refractivity contribution in [3.05, 3.63) is 11.6 Å². The number of morpholine rings is 1. The van der Waals surface area contributed by atoms with Gasteiger partial charge in [-0.15, -0.1) is 10.2 Å². The average Bonchev–Trinajstić information content (AvgIpc) is 2.89. The molecule has 1 atom stereocenters. The van der Waals surface area contributed by atoms with Gasteiger partial charge in [0, 0.05) is 26.2 Å². The lowest BCUT2D eigenvalue weighted by atomic mass is 10.0. The summed E-state index contributed by atoms with van der Waals surface area (Å²) in [6.45, 7) is 5.12. The number of fused-ring (bicyclic) bond motifs is 1. The predicted octanol–water partition coefficient (Wildman–Crippen LogP) is -1.51. The van der Waals surface area contributed by atoms with Crippen molar-refractivity contribution in [1.29, 1.82) is 0 Å². The van der Waals surface area contributed by atoms with Gasteiger partial charge in [0.05, 0.1) is 13.2 Å². The molecule has 2 aliphatic heterocycles. The van der Waals surface area contributed by atoms with E-state index in [9.17, 15) is 9.90 Å². The lowest BCUT2D eigenvalue weighted by molar-refractivity contribution is -0.160. The molecule has 1 amide bonds. The van der Waals surface area contributed by atoms with Gasteiger partial charge in [0.2, 0.25) is 0 Å². The van der Waals surface area contributed by atoms with Crippen LogP contribution in [0.25, 0.3) is 0 Å². The number of carbonyl (C=O) groups is 1. The fourth-order valence-corrected chi connectivity index (χ4v) is 2.71. The van der Waals surface area contributed by atoms with Gasteiger partial charge in [-0.3, -0.25) is 4.79 Å². The third-order valence-electron chi connectivity index (χ3n) is 3.87. The number of aliphatic hydroxyl groups is 1. The van der Waals surface area contributed by atoms with Gasteiger partial charge in [-0.2, -0.15) is 0 Å². The summed E-state index contributed by atoms with van der Waals surface area (Å²) in [5.74, 6) is 1.24. The molecule has 1 aromatic heterocycles. The van der Waals surface area contributed by atoms with Gasteiger partial charge >= 0.3 is 0 Å². The number of hydrogen-bond donors (Lipinski definition) is 2. The molecular formula is C12H19N5O3. The van der Waals surface area contributed by atoms with Gasteiger partial charge < -0.3 is 24.6 Å². The molecule has 1 fully saturated rings. The number of ether oxygens (including phenoxy) is 1. The smallest absolute Gasteiger partial charge is 0.256 e. The van der Waals surface area contributed by atoms with E-state index in [0.717, 1.165) is 6.54 Å². The number of nitrogens with zero attached hydrogens (tertiary/aromatic N) is 4. The Balaban J connectivity index is 1.74. The van der Waals surface area contributed by atoms with E-state index in [0.29, 0.717) is 44.4 Å². The first-order chi connectivity index (χ1) is 9.64. The van der Waals surface area contributed by atoms with Crippen molar-refractivity contribution in [2.75, 3.05) is 26.2 Å². The molecule has 1 unspecified atom stereocenters. The molecule has 20 heavy (non-hydrogen) atoms. The molecule has 8 heteroatoms. The molecule has 0 spiro atoms. The highest BCUT2D eigenvalue weighted by atomic mass is 16.5. The summed E-state index contributed by atoms with van der Waals surface area (Å²) in [7, 11) is 0. The van der Waals surface area contributed by atoms with Crippen LogP contribution in [0.15, 0.2) is 0 Å². The first-order valence-corrected chi connectivity index (χ1v) is 6.80. The van der Waals surface area contributed by atoms with E-state index in [2.05, 4.69) is 15.5 Å². The summed E-state index contributed by atoms with van der Waals surface area (Å²) in [5, 5.41) is 20.3. The minimum absolute atomic E-state index is 0.0236. The van der Waals surface area contributed by atoms with Crippen molar-refractivity contribution in [2.24, 2.45) is 0 Å². The van der Waals surface area contributed by atoms with Crippen LogP contribution >= 0.6 is 0 Å². The zero-order valence-electron chi connectivity index (χ0n) is 11.5. The third-order valence-corrected chi connectivity index (χ3v) is 3.87. The number of nitrogens with one attached hydrogen (secondary N) is 1. The maximum Gasteiger partial charge on any atom is 0.256 e. The first kappa shape index (κ1) is 13.5. The van der Waals surface area contributed by atoms with Crippen LogP contribution in [-0.4, -0.2) is 62.5 Å². The second kappa shape index (κ2) is 5.12. The van der Waals surface area contributed by atoms with Crippen LogP contribution in [0.2, 0.25) is 0 Å². The van der Waals surface area contributed by atoms with Crippen molar-refractivity contribution in [1.82, 2.24) is 25.0 Å². The minimum Gasteiger partial charge on any atom is -0.388 e. The van der Waals surface area contributed by atoms with Crippen molar-refractivity contribution < 1.29 is 14.6 Å². The summed E-state index contributed by atoms with van der Waals surface area (Å²) in [6, 6.07) is 0. The monoisotopic (exact) mass is 281 g/mol. The van der Waals surface area contributed by atoms with E-state index in [1.807, 2.05) is 11.5 Å². The fraction of sp³-hybridized carbons (Fsp3) is 0.750. The van der Waals surface area contributed by atoms with Crippen molar-refractivity contribution >= 4 is 5.91 Å². The van der Waals surface area contributed by atoms with E-state index < -0.39 is 5.60 Å². The Morgan fingerprint density at radius 1 is 1.50 bits per heavy atom. The van der Waals surface area contributed by atoms with Crippen LogP contribution in [0.1, 0.15) is 18.6 Å². The second-order valence-corrected chi connectivity index (χ2v) is 5.33. The average molecular weight is 281 g/mol. The number of aromatic nitrogens is 3. The Labute approximate surface area is 116 Å².